The van der Waals surface area contributed by atoms with Crippen molar-refractivity contribution in [1.29, 1.82) is 0 Å². The first-order valence-electron chi connectivity index (χ1n) is 7.54. The Morgan fingerprint density at radius 2 is 2.14 bits per heavy atom. The molecule has 3 heteroatoms. The van der Waals surface area contributed by atoms with Crippen molar-refractivity contribution >= 4 is 17.1 Å². The van der Waals surface area contributed by atoms with E-state index in [1.54, 1.807) is 0 Å². The molecule has 0 amide bonds. The molecule has 3 rings (SSSR count). The first-order valence-corrected chi connectivity index (χ1v) is 8.42. The molecule has 1 aliphatic rings. The largest absolute Gasteiger partial charge is 0.493 e. The molecule has 2 heterocycles. The van der Waals surface area contributed by atoms with E-state index in [0.717, 1.165) is 47.6 Å². The Bertz CT molecular complexity index is 641. The lowest BCUT2D eigenvalue weighted by Gasteiger charge is -2.17. The molecule has 1 aromatic heterocycles. The Morgan fingerprint density at radius 3 is 2.86 bits per heavy atom. The molecule has 0 saturated carbocycles. The van der Waals surface area contributed by atoms with Gasteiger partial charge in [0, 0.05) is 5.56 Å². The van der Waals surface area contributed by atoms with Gasteiger partial charge in [0.1, 0.15) is 5.75 Å². The fraction of sp³-hybridized carbons (Fsp3) is 0.389. The number of ketones is 1. The van der Waals surface area contributed by atoms with E-state index >= 15 is 0 Å². The normalized spacial score (nSPS) is 14.4. The second-order valence-electron chi connectivity index (χ2n) is 5.82. The van der Waals surface area contributed by atoms with Crippen molar-refractivity contribution in [2.45, 2.75) is 39.0 Å². The Balaban J connectivity index is 2.08. The number of rotatable bonds is 3. The van der Waals surface area contributed by atoms with Gasteiger partial charge in [0.15, 0.2) is 0 Å². The van der Waals surface area contributed by atoms with E-state index in [0.29, 0.717) is 5.92 Å². The van der Waals surface area contributed by atoms with Crippen LogP contribution in [0.4, 0.5) is 0 Å². The van der Waals surface area contributed by atoms with E-state index in [9.17, 15) is 4.79 Å². The molecule has 0 radical (unpaired) electrons. The zero-order valence-corrected chi connectivity index (χ0v) is 13.3. The number of hydrogen-bond acceptors (Lipinski definition) is 3. The Kier molecular flexibility index (Phi) is 4.11. The predicted octanol–water partition coefficient (Wildman–Crippen LogP) is 4.82. The molecule has 0 spiro atoms. The highest BCUT2D eigenvalue weighted by Crippen LogP contribution is 2.35. The number of carbonyl (C=O) groups is 1. The fourth-order valence-electron chi connectivity index (χ4n) is 2.78. The van der Waals surface area contributed by atoms with Crippen molar-refractivity contribution in [1.82, 2.24) is 0 Å². The summed E-state index contributed by atoms with van der Waals surface area (Å²) in [5, 5.41) is 1.95. The first-order chi connectivity index (χ1) is 10.2. The van der Waals surface area contributed by atoms with Gasteiger partial charge < -0.3 is 4.74 Å². The third kappa shape index (κ3) is 2.88. The minimum absolute atomic E-state index is 0.124. The second-order valence-corrected chi connectivity index (χ2v) is 6.77. The minimum Gasteiger partial charge on any atom is -0.493 e. The molecule has 0 N–H and O–H groups in total. The molecular weight excluding hydrogens is 280 g/mol. The number of thiophene rings is 1. The van der Waals surface area contributed by atoms with Gasteiger partial charge in [-0.15, -0.1) is 11.3 Å². The van der Waals surface area contributed by atoms with E-state index in [4.69, 9.17) is 4.74 Å². The van der Waals surface area contributed by atoms with Crippen LogP contribution in [0.25, 0.3) is 0 Å². The monoisotopic (exact) mass is 300 g/mol. The molecule has 0 atom stereocenters. The highest BCUT2D eigenvalue weighted by atomic mass is 32.1. The summed E-state index contributed by atoms with van der Waals surface area (Å²) in [4.78, 5) is 13.4. The van der Waals surface area contributed by atoms with Crippen LogP contribution in [0.5, 0.6) is 5.75 Å². The highest BCUT2D eigenvalue weighted by Gasteiger charge is 2.20. The van der Waals surface area contributed by atoms with Crippen molar-refractivity contribution in [2.24, 2.45) is 0 Å². The maximum atomic E-state index is 12.6. The molecule has 0 aliphatic carbocycles. The standard InChI is InChI=1S/C18H20O2S/c1-12(2)15-11-14(17(19)16-7-5-9-21-16)10-13-6-3-4-8-20-18(13)15/h5,7,9-12H,3-4,6,8H2,1-2H3. The van der Waals surface area contributed by atoms with Gasteiger partial charge in [-0.2, -0.15) is 0 Å². The fourth-order valence-corrected chi connectivity index (χ4v) is 3.46. The number of ether oxygens (including phenoxy) is 1. The summed E-state index contributed by atoms with van der Waals surface area (Å²) in [6.45, 7) is 5.09. The van der Waals surface area contributed by atoms with Crippen molar-refractivity contribution in [3.05, 3.63) is 51.2 Å². The van der Waals surface area contributed by atoms with Crippen LogP contribution in [0.2, 0.25) is 0 Å². The van der Waals surface area contributed by atoms with Crippen LogP contribution in [-0.4, -0.2) is 12.4 Å². The maximum Gasteiger partial charge on any atom is 0.202 e. The third-order valence-corrected chi connectivity index (χ3v) is 4.78. The summed E-state index contributed by atoms with van der Waals surface area (Å²) in [6.07, 6.45) is 3.21. The summed E-state index contributed by atoms with van der Waals surface area (Å²) >= 11 is 1.50. The van der Waals surface area contributed by atoms with E-state index in [-0.39, 0.29) is 5.78 Å². The van der Waals surface area contributed by atoms with Gasteiger partial charge in [-0.3, -0.25) is 4.79 Å². The average molecular weight is 300 g/mol. The molecule has 21 heavy (non-hydrogen) atoms. The summed E-state index contributed by atoms with van der Waals surface area (Å²) in [5.74, 6) is 1.50. The molecule has 0 saturated heterocycles. The van der Waals surface area contributed by atoms with Gasteiger partial charge in [-0.25, -0.2) is 0 Å². The van der Waals surface area contributed by atoms with E-state index in [2.05, 4.69) is 13.8 Å². The van der Waals surface area contributed by atoms with Crippen LogP contribution < -0.4 is 4.74 Å². The van der Waals surface area contributed by atoms with E-state index in [1.807, 2.05) is 29.6 Å². The number of benzene rings is 1. The highest BCUT2D eigenvalue weighted by molar-refractivity contribution is 7.12. The van der Waals surface area contributed by atoms with Crippen LogP contribution in [0.15, 0.2) is 29.6 Å². The smallest absolute Gasteiger partial charge is 0.202 e. The molecular formula is C18H20O2S. The Labute approximate surface area is 129 Å². The molecule has 2 nitrogen and oxygen atoms in total. The number of hydrogen-bond donors (Lipinski definition) is 0. The van der Waals surface area contributed by atoms with Gasteiger partial charge >= 0.3 is 0 Å². The molecule has 0 bridgehead atoms. The lowest BCUT2D eigenvalue weighted by atomic mass is 9.93. The van der Waals surface area contributed by atoms with Crippen LogP contribution >= 0.6 is 11.3 Å². The summed E-state index contributed by atoms with van der Waals surface area (Å²) in [7, 11) is 0. The number of aryl methyl sites for hydroxylation is 1. The van der Waals surface area contributed by atoms with Gasteiger partial charge in [0.05, 0.1) is 11.5 Å². The zero-order valence-electron chi connectivity index (χ0n) is 12.5. The van der Waals surface area contributed by atoms with Crippen LogP contribution in [0.1, 0.15) is 59.0 Å². The van der Waals surface area contributed by atoms with Gasteiger partial charge in [0.2, 0.25) is 5.78 Å². The zero-order chi connectivity index (χ0) is 14.8. The first kappa shape index (κ1) is 14.3. The van der Waals surface area contributed by atoms with Crippen LogP contribution in [0, 0.1) is 0 Å². The second kappa shape index (κ2) is 6.02. The van der Waals surface area contributed by atoms with E-state index in [1.165, 1.54) is 16.9 Å². The van der Waals surface area contributed by atoms with Crippen molar-refractivity contribution in [2.75, 3.05) is 6.61 Å². The summed E-state index contributed by atoms with van der Waals surface area (Å²) in [5.41, 5.74) is 3.15. The Hall–Kier alpha value is -1.61. The topological polar surface area (TPSA) is 26.3 Å². The molecule has 0 unspecified atom stereocenters. The van der Waals surface area contributed by atoms with Crippen LogP contribution in [0.3, 0.4) is 0 Å². The number of fused-ring (bicyclic) bond motifs is 1. The molecule has 110 valence electrons. The summed E-state index contributed by atoms with van der Waals surface area (Å²) in [6, 6.07) is 7.88. The molecule has 1 aromatic carbocycles. The summed E-state index contributed by atoms with van der Waals surface area (Å²) < 4.78 is 5.96. The van der Waals surface area contributed by atoms with Crippen LogP contribution in [-0.2, 0) is 6.42 Å². The predicted molar refractivity (Wildman–Crippen MR) is 86.7 cm³/mol. The lowest BCUT2D eigenvalue weighted by molar-refractivity contribution is 0.104. The maximum absolute atomic E-state index is 12.6. The van der Waals surface area contributed by atoms with Crippen molar-refractivity contribution in [3.63, 3.8) is 0 Å². The molecule has 2 aromatic rings. The SMILES string of the molecule is CC(C)c1cc(C(=O)c2cccs2)cc2c1OCCCC2. The molecule has 0 fully saturated rings. The van der Waals surface area contributed by atoms with Crippen molar-refractivity contribution < 1.29 is 9.53 Å². The average Bonchev–Trinajstić information content (AvgIpc) is 2.90. The van der Waals surface area contributed by atoms with E-state index < -0.39 is 0 Å². The van der Waals surface area contributed by atoms with Gasteiger partial charge in [0.25, 0.3) is 0 Å². The third-order valence-electron chi connectivity index (χ3n) is 3.91. The Morgan fingerprint density at radius 1 is 1.29 bits per heavy atom. The van der Waals surface area contributed by atoms with Gasteiger partial charge in [-0.1, -0.05) is 19.9 Å². The van der Waals surface area contributed by atoms with Crippen molar-refractivity contribution in [3.8, 4) is 5.75 Å². The van der Waals surface area contributed by atoms with Gasteiger partial charge in [-0.05, 0) is 59.9 Å². The number of carbonyl (C=O) groups excluding carboxylic acids is 1. The quantitative estimate of drug-likeness (QED) is 0.760. The lowest BCUT2D eigenvalue weighted by Crippen LogP contribution is -2.06. The minimum atomic E-state index is 0.124. The molecule has 1 aliphatic heterocycles.